The highest BCUT2D eigenvalue weighted by Gasteiger charge is 2.28. The SMILES string of the molecule is OCCC1CCCCN1CC1Cc2ccccc2S1. The Labute approximate surface area is 120 Å². The van der Waals surface area contributed by atoms with E-state index in [1.807, 2.05) is 11.8 Å². The summed E-state index contributed by atoms with van der Waals surface area (Å²) in [5, 5.41) is 9.91. The molecular weight excluding hydrogens is 254 g/mol. The van der Waals surface area contributed by atoms with Crippen LogP contribution in [0.3, 0.4) is 0 Å². The van der Waals surface area contributed by atoms with Crippen LogP contribution in [0.25, 0.3) is 0 Å². The third kappa shape index (κ3) is 3.15. The average Bonchev–Trinajstić information content (AvgIpc) is 2.83. The number of aliphatic hydroxyl groups excluding tert-OH is 1. The van der Waals surface area contributed by atoms with E-state index in [0.29, 0.717) is 17.9 Å². The minimum Gasteiger partial charge on any atom is -0.396 e. The highest BCUT2D eigenvalue weighted by atomic mass is 32.2. The molecule has 1 saturated heterocycles. The smallest absolute Gasteiger partial charge is 0.0445 e. The molecule has 2 nitrogen and oxygen atoms in total. The van der Waals surface area contributed by atoms with Crippen LogP contribution in [-0.2, 0) is 6.42 Å². The van der Waals surface area contributed by atoms with E-state index in [-0.39, 0.29) is 0 Å². The fourth-order valence-corrected chi connectivity index (χ4v) is 4.74. The summed E-state index contributed by atoms with van der Waals surface area (Å²) >= 11 is 2.05. The van der Waals surface area contributed by atoms with Gasteiger partial charge in [-0.3, -0.25) is 4.90 Å². The van der Waals surface area contributed by atoms with Gasteiger partial charge in [-0.25, -0.2) is 0 Å². The molecule has 0 aromatic heterocycles. The van der Waals surface area contributed by atoms with Gasteiger partial charge in [-0.1, -0.05) is 24.6 Å². The molecule has 2 aliphatic heterocycles. The third-order valence-electron chi connectivity index (χ3n) is 4.36. The van der Waals surface area contributed by atoms with Gasteiger partial charge in [-0.2, -0.15) is 0 Å². The second-order valence-corrected chi connectivity index (χ2v) is 7.05. The van der Waals surface area contributed by atoms with Crippen molar-refractivity contribution < 1.29 is 5.11 Å². The number of benzene rings is 1. The van der Waals surface area contributed by atoms with Crippen molar-refractivity contribution in [3.8, 4) is 0 Å². The zero-order valence-corrected chi connectivity index (χ0v) is 12.2. The van der Waals surface area contributed by atoms with Gasteiger partial charge in [0.2, 0.25) is 0 Å². The minimum atomic E-state index is 0.333. The summed E-state index contributed by atoms with van der Waals surface area (Å²) in [6, 6.07) is 9.43. The van der Waals surface area contributed by atoms with Gasteiger partial charge in [-0.05, 0) is 43.9 Å². The van der Waals surface area contributed by atoms with Crippen LogP contribution in [0.2, 0.25) is 0 Å². The number of hydrogen-bond donors (Lipinski definition) is 1. The monoisotopic (exact) mass is 277 g/mol. The van der Waals surface area contributed by atoms with E-state index in [2.05, 4.69) is 29.2 Å². The maximum absolute atomic E-state index is 9.21. The molecule has 3 heteroatoms. The molecule has 3 rings (SSSR count). The lowest BCUT2D eigenvalue weighted by Crippen LogP contribution is -2.43. The Morgan fingerprint density at radius 2 is 2.16 bits per heavy atom. The predicted molar refractivity (Wildman–Crippen MR) is 80.7 cm³/mol. The van der Waals surface area contributed by atoms with E-state index in [1.54, 1.807) is 0 Å². The Kier molecular flexibility index (Phi) is 4.46. The molecule has 2 atom stereocenters. The molecule has 0 radical (unpaired) electrons. The van der Waals surface area contributed by atoms with Crippen molar-refractivity contribution >= 4 is 11.8 Å². The molecule has 1 aromatic carbocycles. The quantitative estimate of drug-likeness (QED) is 0.915. The van der Waals surface area contributed by atoms with Crippen LogP contribution in [0.5, 0.6) is 0 Å². The molecule has 1 N–H and O–H groups in total. The molecule has 0 bridgehead atoms. The topological polar surface area (TPSA) is 23.5 Å². The molecule has 0 amide bonds. The Balaban J connectivity index is 1.60. The zero-order chi connectivity index (χ0) is 13.1. The standard InChI is InChI=1S/C16H23NOS/c18-10-8-14-6-3-4-9-17(14)12-15-11-13-5-1-2-7-16(13)19-15/h1-2,5,7,14-15,18H,3-4,6,8-12H2. The number of thioether (sulfide) groups is 1. The fourth-order valence-electron chi connectivity index (χ4n) is 3.39. The lowest BCUT2D eigenvalue weighted by atomic mass is 9.99. The summed E-state index contributed by atoms with van der Waals surface area (Å²) in [6.45, 7) is 2.74. The zero-order valence-electron chi connectivity index (χ0n) is 11.4. The van der Waals surface area contributed by atoms with Crippen molar-refractivity contribution in [3.05, 3.63) is 29.8 Å². The maximum atomic E-state index is 9.21. The van der Waals surface area contributed by atoms with Gasteiger partial charge in [-0.15, -0.1) is 11.8 Å². The van der Waals surface area contributed by atoms with Crippen LogP contribution in [-0.4, -0.2) is 41.0 Å². The molecule has 0 saturated carbocycles. The number of hydrogen-bond acceptors (Lipinski definition) is 3. The summed E-state index contributed by atoms with van der Waals surface area (Å²) in [7, 11) is 0. The number of rotatable bonds is 4. The first-order valence-electron chi connectivity index (χ1n) is 7.46. The molecule has 0 aliphatic carbocycles. The van der Waals surface area contributed by atoms with E-state index in [4.69, 9.17) is 0 Å². The highest BCUT2D eigenvalue weighted by molar-refractivity contribution is 8.00. The van der Waals surface area contributed by atoms with Crippen molar-refractivity contribution in [2.45, 2.75) is 48.3 Å². The second-order valence-electron chi connectivity index (χ2n) is 5.71. The molecule has 104 valence electrons. The lowest BCUT2D eigenvalue weighted by Gasteiger charge is -2.36. The normalized spacial score (nSPS) is 27.4. The Hall–Kier alpha value is -0.510. The predicted octanol–water partition coefficient (Wildman–Crippen LogP) is 2.94. The van der Waals surface area contributed by atoms with Gasteiger partial charge < -0.3 is 5.11 Å². The van der Waals surface area contributed by atoms with Crippen molar-refractivity contribution in [2.24, 2.45) is 0 Å². The number of likely N-dealkylation sites (tertiary alicyclic amines) is 1. The first kappa shape index (κ1) is 13.5. The van der Waals surface area contributed by atoms with Gasteiger partial charge in [0.25, 0.3) is 0 Å². The van der Waals surface area contributed by atoms with Gasteiger partial charge >= 0.3 is 0 Å². The summed E-state index contributed by atoms with van der Waals surface area (Å²) in [5.74, 6) is 0. The molecule has 1 aromatic rings. The van der Waals surface area contributed by atoms with E-state index >= 15 is 0 Å². The molecular formula is C16H23NOS. The molecule has 2 aliphatic rings. The van der Waals surface area contributed by atoms with Crippen LogP contribution in [0.1, 0.15) is 31.2 Å². The summed E-state index contributed by atoms with van der Waals surface area (Å²) < 4.78 is 0. The average molecular weight is 277 g/mol. The Bertz CT molecular complexity index is 396. The van der Waals surface area contributed by atoms with E-state index in [1.165, 1.54) is 49.2 Å². The summed E-state index contributed by atoms with van der Waals surface area (Å²) in [4.78, 5) is 4.10. The van der Waals surface area contributed by atoms with E-state index in [0.717, 1.165) is 6.42 Å². The van der Waals surface area contributed by atoms with Crippen LogP contribution in [0.15, 0.2) is 29.2 Å². The van der Waals surface area contributed by atoms with Crippen molar-refractivity contribution in [1.29, 1.82) is 0 Å². The van der Waals surface area contributed by atoms with Gasteiger partial charge in [0, 0.05) is 29.3 Å². The number of piperidine rings is 1. The maximum Gasteiger partial charge on any atom is 0.0445 e. The number of nitrogens with zero attached hydrogens (tertiary/aromatic N) is 1. The van der Waals surface area contributed by atoms with Crippen molar-refractivity contribution in [2.75, 3.05) is 19.7 Å². The highest BCUT2D eigenvalue weighted by Crippen LogP contribution is 2.37. The van der Waals surface area contributed by atoms with Crippen LogP contribution in [0, 0.1) is 0 Å². The van der Waals surface area contributed by atoms with Crippen LogP contribution < -0.4 is 0 Å². The Morgan fingerprint density at radius 3 is 3.00 bits per heavy atom. The minimum absolute atomic E-state index is 0.333. The van der Waals surface area contributed by atoms with E-state index in [9.17, 15) is 5.11 Å². The Morgan fingerprint density at radius 1 is 1.26 bits per heavy atom. The molecule has 2 heterocycles. The largest absolute Gasteiger partial charge is 0.396 e. The van der Waals surface area contributed by atoms with Crippen LogP contribution in [0.4, 0.5) is 0 Å². The van der Waals surface area contributed by atoms with Crippen LogP contribution >= 0.6 is 11.8 Å². The fraction of sp³-hybridized carbons (Fsp3) is 0.625. The molecule has 1 fully saturated rings. The van der Waals surface area contributed by atoms with Gasteiger partial charge in [0.15, 0.2) is 0 Å². The summed E-state index contributed by atoms with van der Waals surface area (Å²) in [6.07, 6.45) is 6.09. The van der Waals surface area contributed by atoms with Gasteiger partial charge in [0.05, 0.1) is 0 Å². The van der Waals surface area contributed by atoms with Gasteiger partial charge in [0.1, 0.15) is 0 Å². The van der Waals surface area contributed by atoms with Crippen molar-refractivity contribution in [3.63, 3.8) is 0 Å². The van der Waals surface area contributed by atoms with E-state index < -0.39 is 0 Å². The lowest BCUT2D eigenvalue weighted by molar-refractivity contribution is 0.120. The molecule has 2 unspecified atom stereocenters. The second kappa shape index (κ2) is 6.29. The number of aliphatic hydroxyl groups is 1. The first-order chi connectivity index (χ1) is 9.36. The summed E-state index contributed by atoms with van der Waals surface area (Å²) in [5.41, 5.74) is 1.52. The third-order valence-corrected chi connectivity index (χ3v) is 5.66. The molecule has 19 heavy (non-hydrogen) atoms. The molecule has 0 spiro atoms. The van der Waals surface area contributed by atoms with Crippen molar-refractivity contribution in [1.82, 2.24) is 4.90 Å². The number of fused-ring (bicyclic) bond motifs is 1. The first-order valence-corrected chi connectivity index (χ1v) is 8.34.